The van der Waals surface area contributed by atoms with Crippen molar-refractivity contribution in [1.29, 1.82) is 0 Å². The maximum atomic E-state index is 5.73. The largest absolute Gasteiger partial charge is 0.409 e. The van der Waals surface area contributed by atoms with E-state index in [1.165, 1.54) is 11.1 Å². The van der Waals surface area contributed by atoms with E-state index >= 15 is 0 Å². The third-order valence-electron chi connectivity index (χ3n) is 4.66. The molecule has 0 radical (unpaired) electrons. The van der Waals surface area contributed by atoms with Gasteiger partial charge in [-0.1, -0.05) is 78.9 Å². The Hall–Kier alpha value is -3.02. The van der Waals surface area contributed by atoms with Gasteiger partial charge < -0.3 is 4.42 Å². The lowest BCUT2D eigenvalue weighted by Gasteiger charge is -2.28. The third kappa shape index (κ3) is 3.96. The minimum absolute atomic E-state index is 0.0844. The van der Waals surface area contributed by atoms with Crippen molar-refractivity contribution in [3.05, 3.63) is 107 Å². The van der Waals surface area contributed by atoms with Gasteiger partial charge in [0.25, 0.3) is 4.84 Å². The van der Waals surface area contributed by atoms with E-state index in [9.17, 15) is 0 Å². The fourth-order valence-electron chi connectivity index (χ4n) is 3.36. The van der Waals surface area contributed by atoms with E-state index in [0.29, 0.717) is 17.4 Å². The minimum atomic E-state index is 0.0844. The zero-order chi connectivity index (χ0) is 19.3. The first-order valence-electron chi connectivity index (χ1n) is 9.16. The number of hydrogen-bond acceptors (Lipinski definition) is 4. The van der Waals surface area contributed by atoms with Crippen LogP contribution in [0.5, 0.6) is 0 Å². The molecule has 0 unspecified atom stereocenters. The number of aromatic nitrogens is 2. The predicted molar refractivity (Wildman–Crippen MR) is 113 cm³/mol. The highest BCUT2D eigenvalue weighted by molar-refractivity contribution is 7.71. The van der Waals surface area contributed by atoms with Crippen molar-refractivity contribution in [2.45, 2.75) is 12.7 Å². The fraction of sp³-hybridized carbons (Fsp3) is 0.130. The van der Waals surface area contributed by atoms with E-state index in [1.54, 1.807) is 4.68 Å². The van der Waals surface area contributed by atoms with E-state index in [1.807, 2.05) is 42.5 Å². The van der Waals surface area contributed by atoms with Crippen molar-refractivity contribution in [3.63, 3.8) is 0 Å². The van der Waals surface area contributed by atoms with Crippen LogP contribution in [-0.4, -0.2) is 21.7 Å². The quantitative estimate of drug-likeness (QED) is 0.406. The second-order valence-electron chi connectivity index (χ2n) is 6.66. The Morgan fingerprint density at radius 2 is 1.36 bits per heavy atom. The fourth-order valence-corrected chi connectivity index (χ4v) is 3.54. The van der Waals surface area contributed by atoms with E-state index in [4.69, 9.17) is 16.6 Å². The van der Waals surface area contributed by atoms with Crippen LogP contribution in [0, 0.1) is 4.84 Å². The summed E-state index contributed by atoms with van der Waals surface area (Å²) < 4.78 is 7.47. The van der Waals surface area contributed by atoms with Crippen molar-refractivity contribution in [1.82, 2.24) is 14.7 Å². The number of hydrogen-bond donors (Lipinski definition) is 0. The van der Waals surface area contributed by atoms with E-state index in [0.717, 1.165) is 5.56 Å². The zero-order valence-corrected chi connectivity index (χ0v) is 16.4. The van der Waals surface area contributed by atoms with Gasteiger partial charge >= 0.3 is 0 Å². The van der Waals surface area contributed by atoms with Gasteiger partial charge in [0, 0.05) is 5.56 Å². The lowest BCUT2D eigenvalue weighted by molar-refractivity contribution is 0.205. The van der Waals surface area contributed by atoms with Crippen molar-refractivity contribution in [3.8, 4) is 11.5 Å². The lowest BCUT2D eigenvalue weighted by atomic mass is 9.98. The molecule has 0 aliphatic rings. The van der Waals surface area contributed by atoms with Gasteiger partial charge in [0.2, 0.25) is 5.89 Å². The van der Waals surface area contributed by atoms with Crippen LogP contribution in [0.2, 0.25) is 0 Å². The van der Waals surface area contributed by atoms with Gasteiger partial charge in [-0.2, -0.15) is 0 Å². The summed E-state index contributed by atoms with van der Waals surface area (Å²) in [6, 6.07) is 30.8. The molecule has 0 N–H and O–H groups in total. The summed E-state index contributed by atoms with van der Waals surface area (Å²) in [4.78, 5) is 2.59. The average Bonchev–Trinajstić information content (AvgIpc) is 3.11. The molecule has 1 heterocycles. The van der Waals surface area contributed by atoms with E-state index in [2.05, 4.69) is 65.6 Å². The summed E-state index contributed by atoms with van der Waals surface area (Å²) in [7, 11) is 2.07. The molecule has 0 saturated heterocycles. The molecule has 4 nitrogen and oxygen atoms in total. The third-order valence-corrected chi connectivity index (χ3v) is 4.95. The molecule has 0 aliphatic heterocycles. The van der Waals surface area contributed by atoms with Crippen LogP contribution in [-0.2, 0) is 6.67 Å². The molecule has 0 amide bonds. The molecular weight excluding hydrogens is 366 g/mol. The Morgan fingerprint density at radius 3 is 1.89 bits per heavy atom. The summed E-state index contributed by atoms with van der Waals surface area (Å²) in [5, 5.41) is 4.59. The number of rotatable bonds is 6. The summed E-state index contributed by atoms with van der Waals surface area (Å²) in [6.45, 7) is 0.517. The Labute approximate surface area is 169 Å². The molecule has 0 aliphatic carbocycles. The van der Waals surface area contributed by atoms with Gasteiger partial charge in [0.05, 0.1) is 12.7 Å². The summed E-state index contributed by atoms with van der Waals surface area (Å²) in [5.41, 5.74) is 3.35. The molecule has 3 aromatic carbocycles. The molecule has 0 saturated carbocycles. The van der Waals surface area contributed by atoms with Crippen molar-refractivity contribution in [2.75, 3.05) is 7.05 Å². The predicted octanol–water partition coefficient (Wildman–Crippen LogP) is 5.55. The second kappa shape index (κ2) is 8.33. The Morgan fingerprint density at radius 1 is 0.857 bits per heavy atom. The second-order valence-corrected chi connectivity index (χ2v) is 7.01. The monoisotopic (exact) mass is 387 g/mol. The highest BCUT2D eigenvalue weighted by Crippen LogP contribution is 2.28. The smallest absolute Gasteiger partial charge is 0.288 e. The average molecular weight is 388 g/mol. The Balaban J connectivity index is 1.65. The maximum Gasteiger partial charge on any atom is 0.288 e. The van der Waals surface area contributed by atoms with Crippen LogP contribution < -0.4 is 0 Å². The molecular formula is C23H21N3OS. The Kier molecular flexibility index (Phi) is 5.46. The highest BCUT2D eigenvalue weighted by atomic mass is 32.1. The summed E-state index contributed by atoms with van der Waals surface area (Å²) in [5.74, 6) is 0.537. The molecule has 28 heavy (non-hydrogen) atoms. The van der Waals surface area contributed by atoms with Crippen LogP contribution in [0.25, 0.3) is 11.5 Å². The first kappa shape index (κ1) is 18.3. The van der Waals surface area contributed by atoms with Crippen LogP contribution in [0.1, 0.15) is 17.2 Å². The van der Waals surface area contributed by atoms with Gasteiger partial charge in [0.1, 0.15) is 0 Å². The van der Waals surface area contributed by atoms with Crippen LogP contribution in [0.3, 0.4) is 0 Å². The number of benzene rings is 3. The maximum absolute atomic E-state index is 5.73. The molecule has 1 aromatic heterocycles. The highest BCUT2D eigenvalue weighted by Gasteiger charge is 2.20. The molecule has 140 valence electrons. The van der Waals surface area contributed by atoms with E-state index < -0.39 is 0 Å². The summed E-state index contributed by atoms with van der Waals surface area (Å²) in [6.07, 6.45) is 0. The van der Waals surface area contributed by atoms with Gasteiger partial charge in [-0.15, -0.1) is 5.10 Å². The Bertz CT molecular complexity index is 1040. The van der Waals surface area contributed by atoms with Crippen molar-refractivity contribution < 1.29 is 4.42 Å². The minimum Gasteiger partial charge on any atom is -0.409 e. The molecule has 0 spiro atoms. The van der Waals surface area contributed by atoms with Crippen molar-refractivity contribution in [2.24, 2.45) is 0 Å². The normalized spacial score (nSPS) is 11.2. The first-order valence-corrected chi connectivity index (χ1v) is 9.57. The van der Waals surface area contributed by atoms with Gasteiger partial charge in [-0.25, -0.2) is 4.68 Å². The van der Waals surface area contributed by atoms with Crippen molar-refractivity contribution >= 4 is 12.2 Å². The molecule has 4 rings (SSSR count). The molecule has 0 bridgehead atoms. The van der Waals surface area contributed by atoms with Gasteiger partial charge in [0.15, 0.2) is 0 Å². The zero-order valence-electron chi connectivity index (χ0n) is 15.6. The summed E-state index contributed by atoms with van der Waals surface area (Å²) >= 11 is 5.42. The van der Waals surface area contributed by atoms with Crippen LogP contribution in [0.15, 0.2) is 95.4 Å². The molecule has 4 aromatic rings. The first-order chi connectivity index (χ1) is 13.7. The lowest BCUT2D eigenvalue weighted by Crippen LogP contribution is -2.28. The standard InChI is InChI=1S/C23H21N3OS/c1-25(17-26-23(28)27-22(24-26)20-15-9-4-10-16-20)21(18-11-5-2-6-12-18)19-13-7-3-8-14-19/h2-16,21H,17H2,1H3. The topological polar surface area (TPSA) is 34.2 Å². The molecule has 0 atom stereocenters. The number of nitrogens with zero attached hydrogens (tertiary/aromatic N) is 3. The SMILES string of the molecule is CN(Cn1nc(-c2ccccc2)oc1=S)C(c1ccccc1)c1ccccc1. The van der Waals surface area contributed by atoms with Crippen LogP contribution in [0.4, 0.5) is 0 Å². The van der Waals surface area contributed by atoms with Gasteiger partial charge in [-0.05, 0) is 42.5 Å². The molecule has 0 fully saturated rings. The molecule has 5 heteroatoms. The van der Waals surface area contributed by atoms with E-state index in [-0.39, 0.29) is 6.04 Å². The van der Waals surface area contributed by atoms with Gasteiger partial charge in [-0.3, -0.25) is 4.90 Å². The van der Waals surface area contributed by atoms with Crippen LogP contribution >= 0.6 is 12.2 Å².